The fourth-order valence-electron chi connectivity index (χ4n) is 5.08. The van der Waals surface area contributed by atoms with E-state index in [-0.39, 0.29) is 0 Å². The van der Waals surface area contributed by atoms with Crippen molar-refractivity contribution in [2.24, 2.45) is 0 Å². The van der Waals surface area contributed by atoms with Crippen molar-refractivity contribution in [2.75, 3.05) is 0 Å². The standard InChI is InChI=1S/C33H52/c1-3-5-7-9-11-12-13-15-17-19-25-31-27-21-23-29-33(31)32-28-22-20-26-30(32)24-18-16-14-10-8-6-4-2/h20-23,26-29H,3-19,24-25H2,1-2H3. The molecule has 0 nitrogen and oxygen atoms in total. The maximum absolute atomic E-state index is 2.37. The molecular formula is C33H52. The molecule has 0 heteroatoms. The molecule has 2 rings (SSSR count). The molecule has 0 saturated carbocycles. The smallest absolute Gasteiger partial charge is 0.0149 e. The maximum atomic E-state index is 2.37. The van der Waals surface area contributed by atoms with E-state index in [4.69, 9.17) is 0 Å². The third-order valence-corrected chi connectivity index (χ3v) is 7.17. The number of rotatable bonds is 20. The first-order chi connectivity index (χ1) is 16.4. The van der Waals surface area contributed by atoms with Crippen LogP contribution in [0.25, 0.3) is 11.1 Å². The van der Waals surface area contributed by atoms with Gasteiger partial charge in [-0.3, -0.25) is 0 Å². The highest BCUT2D eigenvalue weighted by molar-refractivity contribution is 5.70. The van der Waals surface area contributed by atoms with Gasteiger partial charge in [0.1, 0.15) is 0 Å². The normalized spacial score (nSPS) is 11.2. The average molecular weight is 449 g/mol. The first-order valence-electron chi connectivity index (χ1n) is 14.5. The van der Waals surface area contributed by atoms with Crippen molar-refractivity contribution in [3.8, 4) is 11.1 Å². The van der Waals surface area contributed by atoms with Crippen LogP contribution in [0.5, 0.6) is 0 Å². The minimum Gasteiger partial charge on any atom is -0.0654 e. The van der Waals surface area contributed by atoms with E-state index < -0.39 is 0 Å². The molecule has 0 aromatic heterocycles. The second-order valence-corrected chi connectivity index (χ2v) is 10.1. The summed E-state index contributed by atoms with van der Waals surface area (Å²) < 4.78 is 0. The van der Waals surface area contributed by atoms with Gasteiger partial charge in [0.2, 0.25) is 0 Å². The molecule has 0 radical (unpaired) electrons. The van der Waals surface area contributed by atoms with Gasteiger partial charge >= 0.3 is 0 Å². The fourth-order valence-corrected chi connectivity index (χ4v) is 5.08. The molecule has 0 aliphatic heterocycles. The van der Waals surface area contributed by atoms with Crippen molar-refractivity contribution < 1.29 is 0 Å². The first-order valence-corrected chi connectivity index (χ1v) is 14.5. The van der Waals surface area contributed by atoms with Gasteiger partial charge in [-0.05, 0) is 47.9 Å². The van der Waals surface area contributed by atoms with Gasteiger partial charge in [-0.15, -0.1) is 0 Å². The zero-order chi connectivity index (χ0) is 23.4. The Morgan fingerprint density at radius 1 is 0.364 bits per heavy atom. The predicted molar refractivity (Wildman–Crippen MR) is 149 cm³/mol. The van der Waals surface area contributed by atoms with Crippen LogP contribution in [0.2, 0.25) is 0 Å². The molecule has 33 heavy (non-hydrogen) atoms. The SMILES string of the molecule is CCCCCCCCCCCCc1ccccc1-c1ccccc1CCCCCCCCC. The monoisotopic (exact) mass is 448 g/mol. The zero-order valence-corrected chi connectivity index (χ0v) is 22.1. The highest BCUT2D eigenvalue weighted by Crippen LogP contribution is 2.29. The third kappa shape index (κ3) is 11.9. The molecule has 0 unspecified atom stereocenters. The van der Waals surface area contributed by atoms with E-state index in [1.807, 2.05) is 0 Å². The predicted octanol–water partition coefficient (Wildman–Crippen LogP) is 11.1. The van der Waals surface area contributed by atoms with Gasteiger partial charge in [0, 0.05) is 0 Å². The summed E-state index contributed by atoms with van der Waals surface area (Å²) in [5.74, 6) is 0. The second-order valence-electron chi connectivity index (χ2n) is 10.1. The summed E-state index contributed by atoms with van der Waals surface area (Å²) in [7, 11) is 0. The third-order valence-electron chi connectivity index (χ3n) is 7.17. The van der Waals surface area contributed by atoms with Gasteiger partial charge in [-0.25, -0.2) is 0 Å². The molecule has 0 fully saturated rings. The van der Waals surface area contributed by atoms with Crippen molar-refractivity contribution in [3.05, 3.63) is 59.7 Å². The molecule has 0 spiro atoms. The van der Waals surface area contributed by atoms with E-state index in [0.29, 0.717) is 0 Å². The van der Waals surface area contributed by atoms with E-state index in [9.17, 15) is 0 Å². The van der Waals surface area contributed by atoms with E-state index in [1.165, 1.54) is 133 Å². The van der Waals surface area contributed by atoms with Crippen LogP contribution in [0.15, 0.2) is 48.5 Å². The molecule has 0 amide bonds. The Kier molecular flexibility index (Phi) is 15.8. The summed E-state index contributed by atoms with van der Waals surface area (Å²) >= 11 is 0. The van der Waals surface area contributed by atoms with Gasteiger partial charge in [0.05, 0.1) is 0 Å². The molecule has 0 bridgehead atoms. The number of hydrogen-bond acceptors (Lipinski definition) is 0. The van der Waals surface area contributed by atoms with Crippen LogP contribution in [-0.2, 0) is 12.8 Å². The van der Waals surface area contributed by atoms with Gasteiger partial charge in [-0.2, -0.15) is 0 Å². The van der Waals surface area contributed by atoms with Crippen LogP contribution >= 0.6 is 0 Å². The number of unbranched alkanes of at least 4 members (excludes halogenated alkanes) is 15. The van der Waals surface area contributed by atoms with Gasteiger partial charge in [-0.1, -0.05) is 159 Å². The van der Waals surface area contributed by atoms with E-state index in [0.717, 1.165) is 0 Å². The fraction of sp³-hybridized carbons (Fsp3) is 0.636. The van der Waals surface area contributed by atoms with E-state index in [2.05, 4.69) is 62.4 Å². The lowest BCUT2D eigenvalue weighted by Gasteiger charge is -2.14. The van der Waals surface area contributed by atoms with Crippen LogP contribution in [0.3, 0.4) is 0 Å². The largest absolute Gasteiger partial charge is 0.0654 e. The molecule has 2 aromatic rings. The lowest BCUT2D eigenvalue weighted by atomic mass is 9.90. The zero-order valence-electron chi connectivity index (χ0n) is 22.1. The van der Waals surface area contributed by atoms with Crippen molar-refractivity contribution in [3.63, 3.8) is 0 Å². The lowest BCUT2D eigenvalue weighted by Crippen LogP contribution is -1.95. The summed E-state index contributed by atoms with van der Waals surface area (Å²) in [5.41, 5.74) is 6.05. The van der Waals surface area contributed by atoms with Crippen molar-refractivity contribution >= 4 is 0 Å². The highest BCUT2D eigenvalue weighted by atomic mass is 14.1. The highest BCUT2D eigenvalue weighted by Gasteiger charge is 2.09. The summed E-state index contributed by atoms with van der Waals surface area (Å²) in [5, 5.41) is 0. The lowest BCUT2D eigenvalue weighted by molar-refractivity contribution is 0.556. The molecule has 0 atom stereocenters. The van der Waals surface area contributed by atoms with Crippen molar-refractivity contribution in [1.29, 1.82) is 0 Å². The Labute approximate surface area is 206 Å². The summed E-state index contributed by atoms with van der Waals surface area (Å²) in [6, 6.07) is 18.3. The quantitative estimate of drug-likeness (QED) is 0.177. The Bertz CT molecular complexity index is 713. The van der Waals surface area contributed by atoms with Crippen LogP contribution < -0.4 is 0 Å². The maximum Gasteiger partial charge on any atom is -0.0149 e. The summed E-state index contributed by atoms with van der Waals surface area (Å²) in [6.07, 6.45) is 26.2. The average Bonchev–Trinajstić information content (AvgIpc) is 2.85. The molecule has 2 aromatic carbocycles. The molecule has 184 valence electrons. The summed E-state index contributed by atoms with van der Waals surface area (Å²) in [6.45, 7) is 4.60. The number of hydrogen-bond donors (Lipinski definition) is 0. The second kappa shape index (κ2) is 18.8. The molecule has 0 saturated heterocycles. The van der Waals surface area contributed by atoms with E-state index in [1.54, 1.807) is 11.1 Å². The molecule has 0 heterocycles. The van der Waals surface area contributed by atoms with Crippen LogP contribution in [-0.4, -0.2) is 0 Å². The Balaban J connectivity index is 1.77. The van der Waals surface area contributed by atoms with Crippen LogP contribution in [0.4, 0.5) is 0 Å². The number of benzene rings is 2. The molecular weight excluding hydrogens is 396 g/mol. The van der Waals surface area contributed by atoms with Gasteiger partial charge < -0.3 is 0 Å². The Morgan fingerprint density at radius 2 is 0.667 bits per heavy atom. The first kappa shape index (κ1) is 27.7. The minimum atomic E-state index is 1.22. The topological polar surface area (TPSA) is 0 Å². The molecule has 0 aliphatic rings. The Hall–Kier alpha value is -1.56. The van der Waals surface area contributed by atoms with E-state index >= 15 is 0 Å². The van der Waals surface area contributed by atoms with Crippen molar-refractivity contribution in [2.45, 2.75) is 136 Å². The van der Waals surface area contributed by atoms with Crippen molar-refractivity contribution in [1.82, 2.24) is 0 Å². The Morgan fingerprint density at radius 3 is 1.03 bits per heavy atom. The minimum absolute atomic E-state index is 1.22. The number of aryl methyl sites for hydroxylation is 2. The molecule has 0 aliphatic carbocycles. The van der Waals surface area contributed by atoms with Gasteiger partial charge in [0.15, 0.2) is 0 Å². The van der Waals surface area contributed by atoms with Gasteiger partial charge in [0.25, 0.3) is 0 Å². The van der Waals surface area contributed by atoms with Crippen LogP contribution in [0, 0.1) is 0 Å². The van der Waals surface area contributed by atoms with Crippen LogP contribution in [0.1, 0.15) is 134 Å². The summed E-state index contributed by atoms with van der Waals surface area (Å²) in [4.78, 5) is 0. The molecule has 0 N–H and O–H groups in total.